The van der Waals surface area contributed by atoms with E-state index in [9.17, 15) is 0 Å². The Morgan fingerprint density at radius 1 is 1.28 bits per heavy atom. The number of hydrogen-bond donors (Lipinski definition) is 2. The van der Waals surface area contributed by atoms with E-state index in [1.807, 2.05) is 6.92 Å². The number of aromatic nitrogens is 2. The zero-order valence-electron chi connectivity index (χ0n) is 15.9. The molecule has 0 saturated carbocycles. The summed E-state index contributed by atoms with van der Waals surface area (Å²) in [4.78, 5) is 11.0. The number of morpholine rings is 1. The number of nitrogens with zero attached hydrogens (tertiary/aromatic N) is 4. The van der Waals surface area contributed by atoms with Gasteiger partial charge >= 0.3 is 0 Å². The van der Waals surface area contributed by atoms with Crippen LogP contribution in [0.3, 0.4) is 0 Å². The summed E-state index contributed by atoms with van der Waals surface area (Å²) in [5, 5.41) is 10.6. The van der Waals surface area contributed by atoms with Gasteiger partial charge in [0.1, 0.15) is 0 Å². The van der Waals surface area contributed by atoms with E-state index in [2.05, 4.69) is 44.5 Å². The first-order valence-corrected chi connectivity index (χ1v) is 9.15. The number of guanidine groups is 1. The number of ether oxygens (including phenoxy) is 1. The zero-order chi connectivity index (χ0) is 18.1. The Morgan fingerprint density at radius 2 is 2.04 bits per heavy atom. The number of aryl methyl sites for hydroxylation is 2. The molecule has 1 unspecified atom stereocenters. The maximum Gasteiger partial charge on any atom is 0.226 e. The maximum atomic E-state index is 5.46. The van der Waals surface area contributed by atoms with Crippen LogP contribution in [0.4, 0.5) is 0 Å². The SMILES string of the molecule is CN=C(NCCCc1nc(C)no1)NCC(C(C)C)N1CCOCC1. The minimum atomic E-state index is 0.476. The van der Waals surface area contributed by atoms with Crippen LogP contribution in [0, 0.1) is 12.8 Å². The molecule has 8 nitrogen and oxygen atoms in total. The van der Waals surface area contributed by atoms with E-state index >= 15 is 0 Å². The van der Waals surface area contributed by atoms with Crippen molar-refractivity contribution in [3.63, 3.8) is 0 Å². The van der Waals surface area contributed by atoms with Gasteiger partial charge in [0.2, 0.25) is 5.89 Å². The second kappa shape index (κ2) is 10.4. The van der Waals surface area contributed by atoms with Gasteiger partial charge in [0.15, 0.2) is 11.8 Å². The normalized spacial score (nSPS) is 17.7. The van der Waals surface area contributed by atoms with Crippen LogP contribution in [0.15, 0.2) is 9.52 Å². The van der Waals surface area contributed by atoms with Crippen LogP contribution in [0.25, 0.3) is 0 Å². The Morgan fingerprint density at radius 3 is 2.64 bits per heavy atom. The Hall–Kier alpha value is -1.67. The zero-order valence-corrected chi connectivity index (χ0v) is 15.9. The van der Waals surface area contributed by atoms with Gasteiger partial charge in [0.05, 0.1) is 13.2 Å². The lowest BCUT2D eigenvalue weighted by Crippen LogP contribution is -2.52. The number of hydrogen-bond acceptors (Lipinski definition) is 6. The second-order valence-electron chi connectivity index (χ2n) is 6.68. The van der Waals surface area contributed by atoms with Gasteiger partial charge in [-0.3, -0.25) is 9.89 Å². The molecular weight excluding hydrogens is 320 g/mol. The van der Waals surface area contributed by atoms with E-state index in [1.54, 1.807) is 7.05 Å². The second-order valence-corrected chi connectivity index (χ2v) is 6.68. The smallest absolute Gasteiger partial charge is 0.226 e. The monoisotopic (exact) mass is 352 g/mol. The third-order valence-electron chi connectivity index (χ3n) is 4.42. The fourth-order valence-corrected chi connectivity index (χ4v) is 3.01. The highest BCUT2D eigenvalue weighted by molar-refractivity contribution is 5.79. The van der Waals surface area contributed by atoms with E-state index in [1.165, 1.54) is 0 Å². The molecular formula is C17H32N6O2. The van der Waals surface area contributed by atoms with Gasteiger partial charge in [0, 0.05) is 45.7 Å². The summed E-state index contributed by atoms with van der Waals surface area (Å²) in [7, 11) is 1.80. The van der Waals surface area contributed by atoms with Crippen molar-refractivity contribution >= 4 is 5.96 Å². The van der Waals surface area contributed by atoms with Crippen LogP contribution >= 0.6 is 0 Å². The summed E-state index contributed by atoms with van der Waals surface area (Å²) >= 11 is 0. The molecule has 1 fully saturated rings. The molecule has 8 heteroatoms. The Kier molecular flexibility index (Phi) is 8.14. The molecule has 0 aromatic carbocycles. The molecule has 0 radical (unpaired) electrons. The van der Waals surface area contributed by atoms with Crippen LogP contribution in [0.1, 0.15) is 32.0 Å². The summed E-state index contributed by atoms with van der Waals surface area (Å²) in [6, 6.07) is 0.476. The van der Waals surface area contributed by atoms with Gasteiger partial charge in [-0.2, -0.15) is 4.98 Å². The highest BCUT2D eigenvalue weighted by Gasteiger charge is 2.23. The van der Waals surface area contributed by atoms with Gasteiger partial charge in [-0.15, -0.1) is 0 Å². The molecule has 0 aliphatic carbocycles. The van der Waals surface area contributed by atoms with Gasteiger partial charge in [0.25, 0.3) is 0 Å². The summed E-state index contributed by atoms with van der Waals surface area (Å²) in [5.74, 6) is 2.78. The molecule has 1 saturated heterocycles. The maximum absolute atomic E-state index is 5.46. The van der Waals surface area contributed by atoms with Crippen molar-refractivity contribution in [2.24, 2.45) is 10.9 Å². The van der Waals surface area contributed by atoms with Crippen molar-refractivity contribution in [3.8, 4) is 0 Å². The third kappa shape index (κ3) is 6.62. The molecule has 0 spiro atoms. The molecule has 142 valence electrons. The first kappa shape index (κ1) is 19.7. The number of nitrogens with one attached hydrogen (secondary N) is 2. The van der Waals surface area contributed by atoms with Crippen LogP contribution in [-0.4, -0.2) is 73.5 Å². The molecule has 2 rings (SSSR count). The van der Waals surface area contributed by atoms with Crippen LogP contribution in [0.2, 0.25) is 0 Å². The van der Waals surface area contributed by atoms with E-state index < -0.39 is 0 Å². The number of aliphatic imine (C=N–C) groups is 1. The van der Waals surface area contributed by atoms with E-state index in [-0.39, 0.29) is 0 Å². The van der Waals surface area contributed by atoms with Crippen molar-refractivity contribution < 1.29 is 9.26 Å². The first-order chi connectivity index (χ1) is 12.1. The van der Waals surface area contributed by atoms with Crippen molar-refractivity contribution in [3.05, 3.63) is 11.7 Å². The van der Waals surface area contributed by atoms with Crippen molar-refractivity contribution in [1.29, 1.82) is 0 Å². The Balaban J connectivity index is 1.70. The van der Waals surface area contributed by atoms with Gasteiger partial charge < -0.3 is 19.9 Å². The fraction of sp³-hybridized carbons (Fsp3) is 0.824. The van der Waals surface area contributed by atoms with E-state index in [0.29, 0.717) is 23.7 Å². The molecule has 0 bridgehead atoms. The lowest BCUT2D eigenvalue weighted by Gasteiger charge is -2.37. The summed E-state index contributed by atoms with van der Waals surface area (Å²) in [5.41, 5.74) is 0. The molecule has 2 N–H and O–H groups in total. The van der Waals surface area contributed by atoms with Gasteiger partial charge in [-0.1, -0.05) is 19.0 Å². The predicted octanol–water partition coefficient (Wildman–Crippen LogP) is 0.832. The largest absolute Gasteiger partial charge is 0.379 e. The molecule has 1 aromatic heterocycles. The standard InChI is InChI=1S/C17H32N6O2/c1-13(2)15(23-8-10-24-11-9-23)12-20-17(18-4)19-7-5-6-16-21-14(3)22-25-16/h13,15H,5-12H2,1-4H3,(H2,18,19,20). The third-order valence-corrected chi connectivity index (χ3v) is 4.42. The topological polar surface area (TPSA) is 87.8 Å². The molecule has 1 aliphatic heterocycles. The highest BCUT2D eigenvalue weighted by Crippen LogP contribution is 2.12. The molecule has 1 aromatic rings. The number of rotatable bonds is 8. The van der Waals surface area contributed by atoms with Crippen molar-refractivity contribution in [1.82, 2.24) is 25.7 Å². The highest BCUT2D eigenvalue weighted by atomic mass is 16.5. The first-order valence-electron chi connectivity index (χ1n) is 9.15. The molecule has 0 amide bonds. The molecule has 2 heterocycles. The van der Waals surface area contributed by atoms with Gasteiger partial charge in [-0.25, -0.2) is 0 Å². The fourth-order valence-electron chi connectivity index (χ4n) is 3.01. The minimum Gasteiger partial charge on any atom is -0.379 e. The van der Waals surface area contributed by atoms with Crippen LogP contribution < -0.4 is 10.6 Å². The van der Waals surface area contributed by atoms with Gasteiger partial charge in [-0.05, 0) is 19.3 Å². The Labute approximate surface area is 150 Å². The predicted molar refractivity (Wildman–Crippen MR) is 97.7 cm³/mol. The van der Waals surface area contributed by atoms with Crippen molar-refractivity contribution in [2.75, 3.05) is 46.4 Å². The van der Waals surface area contributed by atoms with Crippen LogP contribution in [-0.2, 0) is 11.2 Å². The van der Waals surface area contributed by atoms with E-state index in [0.717, 1.165) is 58.2 Å². The average molecular weight is 352 g/mol. The summed E-state index contributed by atoms with van der Waals surface area (Å²) in [6.45, 7) is 11.7. The lowest BCUT2D eigenvalue weighted by atomic mass is 10.0. The van der Waals surface area contributed by atoms with Crippen molar-refractivity contribution in [2.45, 2.75) is 39.7 Å². The molecule has 1 aliphatic rings. The minimum absolute atomic E-state index is 0.476. The Bertz CT molecular complexity index is 525. The summed E-state index contributed by atoms with van der Waals surface area (Å²) in [6.07, 6.45) is 1.69. The molecule has 25 heavy (non-hydrogen) atoms. The quantitative estimate of drug-likeness (QED) is 0.407. The van der Waals surface area contributed by atoms with E-state index in [4.69, 9.17) is 9.26 Å². The lowest BCUT2D eigenvalue weighted by molar-refractivity contribution is 0.00752. The van der Waals surface area contributed by atoms with Crippen LogP contribution in [0.5, 0.6) is 0 Å². The molecule has 1 atom stereocenters. The summed E-state index contributed by atoms with van der Waals surface area (Å²) < 4.78 is 10.6. The average Bonchev–Trinajstić information content (AvgIpc) is 3.03.